The van der Waals surface area contributed by atoms with Gasteiger partial charge >= 0.3 is 6.03 Å². The van der Waals surface area contributed by atoms with Crippen LogP contribution in [0, 0.1) is 25.6 Å². The number of rotatable bonds is 9. The van der Waals surface area contributed by atoms with Crippen molar-refractivity contribution in [2.75, 3.05) is 40.3 Å². The number of hydrogen-bond acceptors (Lipinski definition) is 4. The van der Waals surface area contributed by atoms with E-state index in [9.17, 15) is 14.0 Å². The zero-order valence-corrected chi connectivity index (χ0v) is 22.0. The Labute approximate surface area is 214 Å². The van der Waals surface area contributed by atoms with E-state index in [0.717, 1.165) is 51.0 Å². The minimum Gasteiger partial charge on any atom is -0.322 e. The first kappa shape index (κ1) is 26.3. The van der Waals surface area contributed by atoms with Crippen molar-refractivity contribution in [2.24, 2.45) is 5.92 Å². The van der Waals surface area contributed by atoms with Crippen LogP contribution in [0.1, 0.15) is 41.5 Å². The van der Waals surface area contributed by atoms with Crippen molar-refractivity contribution in [3.05, 3.63) is 70.5 Å². The Morgan fingerprint density at radius 2 is 1.64 bits per heavy atom. The number of urea groups is 1. The lowest BCUT2D eigenvalue weighted by molar-refractivity contribution is -0.134. The van der Waals surface area contributed by atoms with Gasteiger partial charge in [0.05, 0.1) is 0 Å². The van der Waals surface area contributed by atoms with Crippen LogP contribution in [0.15, 0.2) is 42.5 Å². The minimum absolute atomic E-state index is 0.0216. The van der Waals surface area contributed by atoms with E-state index in [-0.39, 0.29) is 23.7 Å². The van der Waals surface area contributed by atoms with E-state index in [4.69, 9.17) is 0 Å². The first-order valence-electron chi connectivity index (χ1n) is 13.0. The number of nitrogens with zero attached hydrogens (tertiary/aromatic N) is 3. The number of aryl methyl sites for hydroxylation is 2. The number of likely N-dealkylation sites (tertiary alicyclic amines) is 1. The van der Waals surface area contributed by atoms with Crippen LogP contribution in [0.2, 0.25) is 0 Å². The van der Waals surface area contributed by atoms with Crippen LogP contribution in [0.25, 0.3) is 0 Å². The number of piperidine rings is 1. The molecule has 0 aliphatic carbocycles. The number of halogens is 1. The molecule has 1 unspecified atom stereocenters. The Kier molecular flexibility index (Phi) is 8.10. The number of benzene rings is 2. The third kappa shape index (κ3) is 5.95. The third-order valence-electron chi connectivity index (χ3n) is 7.56. The number of hydrogen-bond donors (Lipinski definition) is 1. The van der Waals surface area contributed by atoms with Crippen LogP contribution in [0.4, 0.5) is 9.18 Å². The first-order chi connectivity index (χ1) is 17.2. The first-order valence-corrected chi connectivity index (χ1v) is 13.0. The minimum atomic E-state index is -0.987. The fourth-order valence-electron chi connectivity index (χ4n) is 5.86. The predicted octanol–water partition coefficient (Wildman–Crippen LogP) is 4.14. The second-order valence-electron chi connectivity index (χ2n) is 10.9. The van der Waals surface area contributed by atoms with Gasteiger partial charge in [0, 0.05) is 19.5 Å². The molecule has 2 aliphatic heterocycles. The fourth-order valence-corrected chi connectivity index (χ4v) is 5.86. The molecule has 0 saturated carbocycles. The molecular formula is C29H39FN4O2. The van der Waals surface area contributed by atoms with Crippen LogP contribution in [0.3, 0.4) is 0 Å². The number of amides is 3. The molecule has 0 radical (unpaired) electrons. The smallest absolute Gasteiger partial charge is 0.322 e. The van der Waals surface area contributed by atoms with Gasteiger partial charge in [0.25, 0.3) is 5.91 Å². The molecular weight excluding hydrogens is 455 g/mol. The van der Waals surface area contributed by atoms with E-state index < -0.39 is 5.54 Å². The van der Waals surface area contributed by atoms with Crippen molar-refractivity contribution in [1.82, 2.24) is 20.0 Å². The van der Waals surface area contributed by atoms with Crippen LogP contribution >= 0.6 is 0 Å². The molecule has 0 aromatic heterocycles. The summed E-state index contributed by atoms with van der Waals surface area (Å²) in [5, 5.41) is 3.13. The normalized spacial score (nSPS) is 21.4. The quantitative estimate of drug-likeness (QED) is 0.533. The van der Waals surface area contributed by atoms with Crippen LogP contribution in [-0.4, -0.2) is 72.5 Å². The molecule has 1 N–H and O–H groups in total. The van der Waals surface area contributed by atoms with Gasteiger partial charge in [-0.1, -0.05) is 41.5 Å². The molecule has 3 amide bonds. The summed E-state index contributed by atoms with van der Waals surface area (Å²) in [4.78, 5) is 32.8. The highest BCUT2D eigenvalue weighted by Gasteiger charge is 2.55. The SMILES string of the molecule is Cc1cc(C)cc(CN2CCC(C3(Cc4ccc(F)cc4)NC(=O)N(CCCN(C)C)C3=O)CC2)c1. The zero-order valence-electron chi connectivity index (χ0n) is 22.0. The lowest BCUT2D eigenvalue weighted by Gasteiger charge is -2.41. The van der Waals surface area contributed by atoms with E-state index in [0.29, 0.717) is 13.0 Å². The largest absolute Gasteiger partial charge is 0.325 e. The molecule has 6 nitrogen and oxygen atoms in total. The Morgan fingerprint density at radius 1 is 1.00 bits per heavy atom. The molecule has 2 heterocycles. The molecule has 2 fully saturated rings. The summed E-state index contributed by atoms with van der Waals surface area (Å²) < 4.78 is 13.6. The van der Waals surface area contributed by atoms with Gasteiger partial charge in [-0.25, -0.2) is 9.18 Å². The van der Waals surface area contributed by atoms with E-state index in [2.05, 4.69) is 47.2 Å². The predicted molar refractivity (Wildman–Crippen MR) is 140 cm³/mol. The van der Waals surface area contributed by atoms with Gasteiger partial charge in [0.15, 0.2) is 0 Å². The van der Waals surface area contributed by atoms with E-state index >= 15 is 0 Å². The molecule has 2 aliphatic rings. The summed E-state index contributed by atoms with van der Waals surface area (Å²) >= 11 is 0. The van der Waals surface area contributed by atoms with Crippen molar-refractivity contribution in [2.45, 2.75) is 51.6 Å². The summed E-state index contributed by atoms with van der Waals surface area (Å²) in [6.07, 6.45) is 2.75. The van der Waals surface area contributed by atoms with Gasteiger partial charge in [-0.2, -0.15) is 0 Å². The molecule has 4 rings (SSSR count). The second kappa shape index (κ2) is 11.1. The monoisotopic (exact) mass is 494 g/mol. The van der Waals surface area contributed by atoms with Gasteiger partial charge in [0.1, 0.15) is 11.4 Å². The summed E-state index contributed by atoms with van der Waals surface area (Å²) in [6.45, 7) is 8.08. The molecule has 2 saturated heterocycles. The van der Waals surface area contributed by atoms with Crippen molar-refractivity contribution in [3.8, 4) is 0 Å². The number of carbonyl (C=O) groups is 2. The van der Waals surface area contributed by atoms with Crippen LogP contribution < -0.4 is 5.32 Å². The Balaban J connectivity index is 1.51. The van der Waals surface area contributed by atoms with Gasteiger partial charge in [-0.3, -0.25) is 14.6 Å². The molecule has 0 bridgehead atoms. The van der Waals surface area contributed by atoms with Crippen molar-refractivity contribution in [1.29, 1.82) is 0 Å². The van der Waals surface area contributed by atoms with Gasteiger partial charge < -0.3 is 10.2 Å². The molecule has 36 heavy (non-hydrogen) atoms. The van der Waals surface area contributed by atoms with E-state index in [1.165, 1.54) is 33.7 Å². The highest BCUT2D eigenvalue weighted by molar-refractivity contribution is 6.07. The average Bonchev–Trinajstić information content (AvgIpc) is 3.05. The Hall–Kier alpha value is -2.77. The Bertz CT molecular complexity index is 1060. The molecule has 194 valence electrons. The highest BCUT2D eigenvalue weighted by Crippen LogP contribution is 2.37. The molecule has 2 aromatic rings. The Morgan fingerprint density at radius 3 is 2.25 bits per heavy atom. The fraction of sp³-hybridized carbons (Fsp3) is 0.517. The van der Waals surface area contributed by atoms with Crippen molar-refractivity contribution < 1.29 is 14.0 Å². The molecule has 0 spiro atoms. The maximum absolute atomic E-state index is 13.9. The highest BCUT2D eigenvalue weighted by atomic mass is 19.1. The standard InChI is InChI=1S/C29H39FN4O2/c1-21-16-22(2)18-24(17-21)20-33-14-10-25(11-15-33)29(19-23-6-8-26(30)9-7-23)27(35)34(28(36)31-29)13-5-12-32(3)4/h6-9,16-18,25H,5,10-15,19-20H2,1-4H3,(H,31,36). The zero-order chi connectivity index (χ0) is 25.9. The topological polar surface area (TPSA) is 55.9 Å². The maximum atomic E-state index is 13.9. The van der Waals surface area contributed by atoms with Crippen LogP contribution in [-0.2, 0) is 17.8 Å². The second-order valence-corrected chi connectivity index (χ2v) is 10.9. The lowest BCUT2D eigenvalue weighted by Crippen LogP contribution is -2.57. The summed E-state index contributed by atoms with van der Waals surface area (Å²) in [7, 11) is 3.97. The summed E-state index contributed by atoms with van der Waals surface area (Å²) in [6, 6.07) is 12.6. The molecule has 7 heteroatoms. The summed E-state index contributed by atoms with van der Waals surface area (Å²) in [5.41, 5.74) is 3.72. The van der Waals surface area contributed by atoms with E-state index in [1.54, 1.807) is 12.1 Å². The van der Waals surface area contributed by atoms with Gasteiger partial charge in [-0.15, -0.1) is 0 Å². The molecule has 2 aromatic carbocycles. The van der Waals surface area contributed by atoms with Gasteiger partial charge in [0.2, 0.25) is 0 Å². The number of carbonyl (C=O) groups excluding carboxylic acids is 2. The van der Waals surface area contributed by atoms with Crippen LogP contribution in [0.5, 0.6) is 0 Å². The lowest BCUT2D eigenvalue weighted by atomic mass is 9.74. The average molecular weight is 495 g/mol. The van der Waals surface area contributed by atoms with Crippen molar-refractivity contribution in [3.63, 3.8) is 0 Å². The number of nitrogens with one attached hydrogen (secondary N) is 1. The van der Waals surface area contributed by atoms with E-state index in [1.807, 2.05) is 14.1 Å². The third-order valence-corrected chi connectivity index (χ3v) is 7.56. The maximum Gasteiger partial charge on any atom is 0.325 e. The number of imide groups is 1. The summed E-state index contributed by atoms with van der Waals surface area (Å²) in [5.74, 6) is -0.420. The van der Waals surface area contributed by atoms with Crippen molar-refractivity contribution >= 4 is 11.9 Å². The van der Waals surface area contributed by atoms with Gasteiger partial charge in [-0.05, 0) is 96.0 Å². The molecule has 1 atom stereocenters.